The van der Waals surface area contributed by atoms with Crippen LogP contribution in [0.5, 0.6) is 0 Å². The molecule has 0 aliphatic carbocycles. The van der Waals surface area contributed by atoms with Crippen molar-refractivity contribution in [2.75, 3.05) is 14.2 Å². The molecule has 1 rings (SSSR count). The van der Waals surface area contributed by atoms with Crippen LogP contribution in [0.2, 0.25) is 0 Å². The summed E-state index contributed by atoms with van der Waals surface area (Å²) >= 11 is 3.15. The number of rotatable bonds is 4. The lowest BCUT2D eigenvalue weighted by Gasteiger charge is -2.04. The first-order valence-electron chi connectivity index (χ1n) is 4.47. The standard InChI is InChI=1S/C9H11BrN2O4/c1-15-8(13)3-4-12-6(9(14)16-2)5-7(10)11-12/h5H,3-4H2,1-2H3. The average Bonchev–Trinajstić information content (AvgIpc) is 2.66. The minimum absolute atomic E-state index is 0.147. The molecule has 7 heteroatoms. The van der Waals surface area contributed by atoms with Crippen LogP contribution in [0.15, 0.2) is 10.7 Å². The minimum Gasteiger partial charge on any atom is -0.469 e. The van der Waals surface area contributed by atoms with E-state index < -0.39 is 5.97 Å². The van der Waals surface area contributed by atoms with Crippen molar-refractivity contribution in [3.8, 4) is 0 Å². The molecule has 0 radical (unpaired) electrons. The van der Waals surface area contributed by atoms with Gasteiger partial charge in [-0.1, -0.05) is 0 Å². The largest absolute Gasteiger partial charge is 0.469 e. The molecule has 1 aromatic rings. The highest BCUT2D eigenvalue weighted by molar-refractivity contribution is 9.10. The molecule has 0 bridgehead atoms. The van der Waals surface area contributed by atoms with Crippen molar-refractivity contribution in [1.82, 2.24) is 9.78 Å². The maximum absolute atomic E-state index is 11.3. The van der Waals surface area contributed by atoms with Crippen LogP contribution >= 0.6 is 15.9 Å². The van der Waals surface area contributed by atoms with E-state index in [-0.39, 0.29) is 18.9 Å². The van der Waals surface area contributed by atoms with Crippen molar-refractivity contribution in [3.05, 3.63) is 16.4 Å². The Hall–Kier alpha value is -1.37. The monoisotopic (exact) mass is 290 g/mol. The quantitative estimate of drug-likeness (QED) is 0.774. The first kappa shape index (κ1) is 12.7. The predicted octanol–water partition coefficient (Wildman–Crippen LogP) is 0.995. The average molecular weight is 291 g/mol. The summed E-state index contributed by atoms with van der Waals surface area (Å²) in [7, 11) is 2.59. The zero-order valence-electron chi connectivity index (χ0n) is 8.90. The highest BCUT2D eigenvalue weighted by Crippen LogP contribution is 2.12. The van der Waals surface area contributed by atoms with Gasteiger partial charge in [0.1, 0.15) is 10.3 Å². The molecule has 88 valence electrons. The molecule has 0 amide bonds. The zero-order chi connectivity index (χ0) is 12.1. The smallest absolute Gasteiger partial charge is 0.356 e. The third kappa shape index (κ3) is 3.06. The summed E-state index contributed by atoms with van der Waals surface area (Å²) in [5.74, 6) is -0.856. The molecular formula is C9H11BrN2O4. The Bertz CT molecular complexity index is 402. The minimum atomic E-state index is -0.497. The number of aryl methyl sites for hydroxylation is 1. The SMILES string of the molecule is COC(=O)CCn1nc(Br)cc1C(=O)OC. The lowest BCUT2D eigenvalue weighted by atomic mass is 10.4. The molecule has 0 saturated heterocycles. The molecule has 0 N–H and O–H groups in total. The van der Waals surface area contributed by atoms with E-state index in [1.165, 1.54) is 25.0 Å². The molecule has 0 atom stereocenters. The summed E-state index contributed by atoms with van der Waals surface area (Å²) < 4.78 is 11.0. The molecule has 1 heterocycles. The number of nitrogens with zero attached hydrogens (tertiary/aromatic N) is 2. The molecule has 0 aromatic carbocycles. The van der Waals surface area contributed by atoms with Crippen molar-refractivity contribution in [2.24, 2.45) is 0 Å². The summed E-state index contributed by atoms with van der Waals surface area (Å²) in [6.07, 6.45) is 0.147. The van der Waals surface area contributed by atoms with E-state index in [0.717, 1.165) is 0 Å². The molecule has 1 aromatic heterocycles. The molecule has 0 spiro atoms. The van der Waals surface area contributed by atoms with Crippen molar-refractivity contribution in [1.29, 1.82) is 0 Å². The van der Waals surface area contributed by atoms with E-state index in [9.17, 15) is 9.59 Å². The highest BCUT2D eigenvalue weighted by atomic mass is 79.9. The summed E-state index contributed by atoms with van der Waals surface area (Å²) in [6.45, 7) is 0.267. The number of halogens is 1. The van der Waals surface area contributed by atoms with Gasteiger partial charge in [0.2, 0.25) is 0 Å². The number of carbonyl (C=O) groups excluding carboxylic acids is 2. The van der Waals surface area contributed by atoms with Gasteiger partial charge in [0.25, 0.3) is 0 Å². The lowest BCUT2D eigenvalue weighted by molar-refractivity contribution is -0.140. The Morgan fingerprint density at radius 3 is 2.69 bits per heavy atom. The first-order chi connectivity index (χ1) is 7.58. The van der Waals surface area contributed by atoms with Crippen LogP contribution < -0.4 is 0 Å². The fourth-order valence-corrected chi connectivity index (χ4v) is 1.53. The van der Waals surface area contributed by atoms with Crippen LogP contribution in [-0.4, -0.2) is 35.9 Å². The van der Waals surface area contributed by atoms with Gasteiger partial charge in [-0.25, -0.2) is 4.79 Å². The van der Waals surface area contributed by atoms with E-state index in [4.69, 9.17) is 0 Å². The Labute approximate surface area is 101 Å². The normalized spacial score (nSPS) is 9.94. The van der Waals surface area contributed by atoms with Gasteiger partial charge >= 0.3 is 11.9 Å². The van der Waals surface area contributed by atoms with Gasteiger partial charge in [0.05, 0.1) is 27.2 Å². The Morgan fingerprint density at radius 1 is 1.44 bits per heavy atom. The Balaban J connectivity index is 2.78. The van der Waals surface area contributed by atoms with E-state index >= 15 is 0 Å². The number of hydrogen-bond acceptors (Lipinski definition) is 5. The van der Waals surface area contributed by atoms with Crippen LogP contribution in [0.3, 0.4) is 0 Å². The summed E-state index contributed by atoms with van der Waals surface area (Å²) in [5, 5.41) is 4.01. The van der Waals surface area contributed by atoms with Gasteiger partial charge < -0.3 is 9.47 Å². The predicted molar refractivity (Wildman–Crippen MR) is 57.9 cm³/mol. The van der Waals surface area contributed by atoms with Crippen LogP contribution in [0.1, 0.15) is 16.9 Å². The van der Waals surface area contributed by atoms with Gasteiger partial charge in [-0.05, 0) is 15.9 Å². The number of ether oxygens (including phenoxy) is 2. The molecule has 0 unspecified atom stereocenters. The molecule has 16 heavy (non-hydrogen) atoms. The van der Waals surface area contributed by atoms with E-state index in [0.29, 0.717) is 10.3 Å². The summed E-state index contributed by atoms with van der Waals surface area (Å²) in [5.41, 5.74) is 0.290. The van der Waals surface area contributed by atoms with E-state index in [1.54, 1.807) is 0 Å². The maximum atomic E-state index is 11.3. The lowest BCUT2D eigenvalue weighted by Crippen LogP contribution is -2.14. The fourth-order valence-electron chi connectivity index (χ4n) is 1.12. The maximum Gasteiger partial charge on any atom is 0.356 e. The van der Waals surface area contributed by atoms with Crippen LogP contribution in [0, 0.1) is 0 Å². The van der Waals surface area contributed by atoms with Crippen molar-refractivity contribution in [3.63, 3.8) is 0 Å². The number of hydrogen-bond donors (Lipinski definition) is 0. The Kier molecular flexibility index (Phi) is 4.48. The molecule has 0 fully saturated rings. The van der Waals surface area contributed by atoms with Gasteiger partial charge in [-0.15, -0.1) is 0 Å². The number of methoxy groups -OCH3 is 2. The van der Waals surface area contributed by atoms with Crippen LogP contribution in [0.25, 0.3) is 0 Å². The van der Waals surface area contributed by atoms with Gasteiger partial charge in [-0.3, -0.25) is 9.48 Å². The molecule has 0 aliphatic rings. The molecule has 0 saturated carbocycles. The third-order valence-corrected chi connectivity index (χ3v) is 2.29. The van der Waals surface area contributed by atoms with Crippen LogP contribution in [-0.2, 0) is 20.8 Å². The zero-order valence-corrected chi connectivity index (χ0v) is 10.5. The third-order valence-electron chi connectivity index (χ3n) is 1.90. The topological polar surface area (TPSA) is 70.4 Å². The Morgan fingerprint density at radius 2 is 2.12 bits per heavy atom. The van der Waals surface area contributed by atoms with Crippen molar-refractivity contribution < 1.29 is 19.1 Å². The number of aromatic nitrogens is 2. The van der Waals surface area contributed by atoms with Crippen molar-refractivity contribution in [2.45, 2.75) is 13.0 Å². The molecular weight excluding hydrogens is 280 g/mol. The second kappa shape index (κ2) is 5.64. The molecule has 6 nitrogen and oxygen atoms in total. The fraction of sp³-hybridized carbons (Fsp3) is 0.444. The molecule has 0 aliphatic heterocycles. The number of esters is 2. The van der Waals surface area contributed by atoms with Crippen LogP contribution in [0.4, 0.5) is 0 Å². The highest BCUT2D eigenvalue weighted by Gasteiger charge is 2.15. The second-order valence-corrected chi connectivity index (χ2v) is 3.71. The first-order valence-corrected chi connectivity index (χ1v) is 5.26. The van der Waals surface area contributed by atoms with Gasteiger partial charge in [0.15, 0.2) is 0 Å². The summed E-state index contributed by atoms with van der Waals surface area (Å²) in [6, 6.07) is 1.53. The second-order valence-electron chi connectivity index (χ2n) is 2.89. The van der Waals surface area contributed by atoms with Gasteiger partial charge in [-0.2, -0.15) is 5.10 Å². The van der Waals surface area contributed by atoms with E-state index in [1.807, 2.05) is 0 Å². The van der Waals surface area contributed by atoms with Crippen molar-refractivity contribution >= 4 is 27.9 Å². The summed E-state index contributed by atoms with van der Waals surface area (Å²) in [4.78, 5) is 22.3. The number of carbonyl (C=O) groups is 2. The van der Waals surface area contributed by atoms with E-state index in [2.05, 4.69) is 30.5 Å². The van der Waals surface area contributed by atoms with Gasteiger partial charge in [0, 0.05) is 6.07 Å².